The zero-order chi connectivity index (χ0) is 17.8. The lowest BCUT2D eigenvalue weighted by Crippen LogP contribution is -2.38. The lowest BCUT2D eigenvalue weighted by Gasteiger charge is -2.34. The topological polar surface area (TPSA) is 66.3 Å². The summed E-state index contributed by atoms with van der Waals surface area (Å²) in [6, 6.07) is 7.43. The summed E-state index contributed by atoms with van der Waals surface area (Å²) < 4.78 is 0. The molecule has 1 aromatic carbocycles. The second kappa shape index (κ2) is 7.74. The molecule has 0 atom stereocenters. The van der Waals surface area contributed by atoms with E-state index >= 15 is 0 Å². The molecular formula is C20H25N3O2. The number of rotatable bonds is 5. The summed E-state index contributed by atoms with van der Waals surface area (Å²) in [5.74, 6) is -0.260. The molecule has 2 aromatic rings. The third kappa shape index (κ3) is 4.42. The van der Waals surface area contributed by atoms with Crippen LogP contribution in [-0.4, -0.2) is 45.1 Å². The van der Waals surface area contributed by atoms with Gasteiger partial charge in [-0.05, 0) is 64.3 Å². The number of likely N-dealkylation sites (tertiary alicyclic amines) is 1. The molecule has 5 nitrogen and oxygen atoms in total. The molecule has 0 saturated carbocycles. The molecule has 3 rings (SSSR count). The van der Waals surface area contributed by atoms with Crippen molar-refractivity contribution in [2.75, 3.05) is 13.1 Å². The number of carboxylic acid groups (broad SMARTS) is 1. The molecule has 0 bridgehead atoms. The molecule has 0 unspecified atom stereocenters. The Bertz CT molecular complexity index is 720. The average molecular weight is 339 g/mol. The SMILES string of the molecule is CC(C)N1CCC(Cc2cnc(-c3cccc(C(=O)O)c3)cn2)CC1. The van der Waals surface area contributed by atoms with Crippen molar-refractivity contribution in [3.8, 4) is 11.3 Å². The lowest BCUT2D eigenvalue weighted by molar-refractivity contribution is 0.0697. The molecule has 0 aliphatic carbocycles. The van der Waals surface area contributed by atoms with Crippen LogP contribution in [0.5, 0.6) is 0 Å². The number of carbonyl (C=O) groups is 1. The van der Waals surface area contributed by atoms with Crippen LogP contribution in [0.4, 0.5) is 0 Å². The van der Waals surface area contributed by atoms with E-state index in [9.17, 15) is 4.79 Å². The molecule has 2 heterocycles. The predicted octanol–water partition coefficient (Wildman–Crippen LogP) is 3.50. The fourth-order valence-electron chi connectivity index (χ4n) is 3.39. The molecule has 1 N–H and O–H groups in total. The van der Waals surface area contributed by atoms with Gasteiger partial charge in [0.2, 0.25) is 0 Å². The van der Waals surface area contributed by atoms with Gasteiger partial charge in [0, 0.05) is 17.8 Å². The Morgan fingerprint density at radius 3 is 2.60 bits per heavy atom. The highest BCUT2D eigenvalue weighted by atomic mass is 16.4. The van der Waals surface area contributed by atoms with E-state index in [0.29, 0.717) is 17.7 Å². The van der Waals surface area contributed by atoms with Gasteiger partial charge in [-0.3, -0.25) is 9.97 Å². The van der Waals surface area contributed by atoms with E-state index in [1.54, 1.807) is 24.4 Å². The van der Waals surface area contributed by atoms with Crippen LogP contribution in [0.1, 0.15) is 42.7 Å². The minimum absolute atomic E-state index is 0.264. The Morgan fingerprint density at radius 2 is 2.00 bits per heavy atom. The number of aromatic carboxylic acids is 1. The van der Waals surface area contributed by atoms with Crippen LogP contribution in [-0.2, 0) is 6.42 Å². The molecule has 1 saturated heterocycles. The molecule has 5 heteroatoms. The van der Waals surface area contributed by atoms with Gasteiger partial charge in [-0.25, -0.2) is 4.79 Å². The highest BCUT2D eigenvalue weighted by Crippen LogP contribution is 2.23. The van der Waals surface area contributed by atoms with E-state index in [4.69, 9.17) is 5.11 Å². The van der Waals surface area contributed by atoms with Crippen molar-refractivity contribution in [3.05, 3.63) is 47.9 Å². The fourth-order valence-corrected chi connectivity index (χ4v) is 3.39. The molecule has 25 heavy (non-hydrogen) atoms. The van der Waals surface area contributed by atoms with Crippen LogP contribution in [0.3, 0.4) is 0 Å². The third-order valence-corrected chi connectivity index (χ3v) is 4.99. The number of benzene rings is 1. The molecule has 1 aliphatic heterocycles. The molecule has 1 aliphatic rings. The van der Waals surface area contributed by atoms with Gasteiger partial charge in [-0.1, -0.05) is 12.1 Å². The molecule has 1 aromatic heterocycles. The summed E-state index contributed by atoms with van der Waals surface area (Å²) in [6.45, 7) is 6.83. The van der Waals surface area contributed by atoms with Crippen LogP contribution in [0.15, 0.2) is 36.7 Å². The number of piperidine rings is 1. The number of carboxylic acids is 1. The molecule has 0 spiro atoms. The first-order valence-corrected chi connectivity index (χ1v) is 8.91. The second-order valence-electron chi connectivity index (χ2n) is 7.06. The number of hydrogen-bond acceptors (Lipinski definition) is 4. The fraction of sp³-hybridized carbons (Fsp3) is 0.450. The maximum absolute atomic E-state index is 11.1. The number of nitrogens with zero attached hydrogens (tertiary/aromatic N) is 3. The van der Waals surface area contributed by atoms with E-state index in [0.717, 1.165) is 30.8 Å². The van der Waals surface area contributed by atoms with Gasteiger partial charge in [0.05, 0.1) is 23.1 Å². The van der Waals surface area contributed by atoms with Crippen molar-refractivity contribution in [2.24, 2.45) is 5.92 Å². The van der Waals surface area contributed by atoms with Crippen molar-refractivity contribution < 1.29 is 9.90 Å². The Balaban J connectivity index is 1.63. The van der Waals surface area contributed by atoms with Crippen molar-refractivity contribution >= 4 is 5.97 Å². The van der Waals surface area contributed by atoms with E-state index in [2.05, 4.69) is 28.7 Å². The van der Waals surface area contributed by atoms with Crippen LogP contribution >= 0.6 is 0 Å². The third-order valence-electron chi connectivity index (χ3n) is 4.99. The van der Waals surface area contributed by atoms with Gasteiger partial charge in [-0.15, -0.1) is 0 Å². The zero-order valence-electron chi connectivity index (χ0n) is 14.9. The number of aromatic nitrogens is 2. The maximum atomic E-state index is 11.1. The summed E-state index contributed by atoms with van der Waals surface area (Å²) >= 11 is 0. The largest absolute Gasteiger partial charge is 0.478 e. The van der Waals surface area contributed by atoms with Gasteiger partial charge < -0.3 is 10.0 Å². The lowest BCUT2D eigenvalue weighted by atomic mass is 9.91. The smallest absolute Gasteiger partial charge is 0.335 e. The summed E-state index contributed by atoms with van der Waals surface area (Å²) in [5, 5.41) is 9.10. The first-order chi connectivity index (χ1) is 12.0. The van der Waals surface area contributed by atoms with Gasteiger partial charge in [0.25, 0.3) is 0 Å². The molecule has 0 amide bonds. The Labute approximate surface area is 148 Å². The standard InChI is InChI=1S/C20H25N3O2/c1-14(2)23-8-6-15(7-9-23)10-18-12-22-19(13-21-18)16-4-3-5-17(11-16)20(24)25/h3-5,11-15H,6-10H2,1-2H3,(H,24,25). The molecule has 132 valence electrons. The summed E-state index contributed by atoms with van der Waals surface area (Å²) in [6.07, 6.45) is 6.97. The number of hydrogen-bond donors (Lipinski definition) is 1. The van der Waals surface area contributed by atoms with Gasteiger partial charge in [0.15, 0.2) is 0 Å². The quantitative estimate of drug-likeness (QED) is 0.903. The van der Waals surface area contributed by atoms with Crippen molar-refractivity contribution in [3.63, 3.8) is 0 Å². The van der Waals surface area contributed by atoms with E-state index in [-0.39, 0.29) is 5.56 Å². The van der Waals surface area contributed by atoms with Gasteiger partial charge >= 0.3 is 5.97 Å². The maximum Gasteiger partial charge on any atom is 0.335 e. The molecule has 1 fully saturated rings. The Morgan fingerprint density at radius 1 is 1.24 bits per heavy atom. The summed E-state index contributed by atoms with van der Waals surface area (Å²) in [5.41, 5.74) is 2.77. The minimum atomic E-state index is -0.931. The highest BCUT2D eigenvalue weighted by Gasteiger charge is 2.21. The van der Waals surface area contributed by atoms with Gasteiger partial charge in [0.1, 0.15) is 0 Å². The second-order valence-corrected chi connectivity index (χ2v) is 7.06. The van der Waals surface area contributed by atoms with E-state index in [1.165, 1.54) is 12.8 Å². The molecular weight excluding hydrogens is 314 g/mol. The predicted molar refractivity (Wildman–Crippen MR) is 97.6 cm³/mol. The van der Waals surface area contributed by atoms with Crippen LogP contribution < -0.4 is 0 Å². The van der Waals surface area contributed by atoms with Crippen molar-refractivity contribution in [2.45, 2.75) is 39.2 Å². The summed E-state index contributed by atoms with van der Waals surface area (Å²) in [7, 11) is 0. The Hall–Kier alpha value is -2.27. The average Bonchev–Trinajstić information content (AvgIpc) is 2.63. The first kappa shape index (κ1) is 17.5. The summed E-state index contributed by atoms with van der Waals surface area (Å²) in [4.78, 5) is 22.7. The minimum Gasteiger partial charge on any atom is -0.478 e. The van der Waals surface area contributed by atoms with E-state index in [1.807, 2.05) is 12.3 Å². The van der Waals surface area contributed by atoms with Gasteiger partial charge in [-0.2, -0.15) is 0 Å². The van der Waals surface area contributed by atoms with Crippen molar-refractivity contribution in [1.29, 1.82) is 0 Å². The monoisotopic (exact) mass is 339 g/mol. The van der Waals surface area contributed by atoms with Crippen LogP contribution in [0, 0.1) is 5.92 Å². The van der Waals surface area contributed by atoms with Crippen LogP contribution in [0.2, 0.25) is 0 Å². The molecule has 0 radical (unpaired) electrons. The normalized spacial score (nSPS) is 16.3. The first-order valence-electron chi connectivity index (χ1n) is 8.91. The Kier molecular flexibility index (Phi) is 5.43. The van der Waals surface area contributed by atoms with Crippen molar-refractivity contribution in [1.82, 2.24) is 14.9 Å². The van der Waals surface area contributed by atoms with E-state index < -0.39 is 5.97 Å². The highest BCUT2D eigenvalue weighted by molar-refractivity contribution is 5.89. The zero-order valence-corrected chi connectivity index (χ0v) is 14.9. The van der Waals surface area contributed by atoms with Crippen LogP contribution in [0.25, 0.3) is 11.3 Å².